The maximum Gasteiger partial charge on any atom is 0.239 e. The summed E-state index contributed by atoms with van der Waals surface area (Å²) >= 11 is 0. The molecule has 0 atom stereocenters. The molecule has 0 aliphatic heterocycles. The van der Waals surface area contributed by atoms with Crippen LogP contribution < -0.4 is 10.6 Å². The largest absolute Gasteiger partial charge is 0.325 e. The van der Waals surface area contributed by atoms with E-state index >= 15 is 0 Å². The van der Waals surface area contributed by atoms with Crippen LogP contribution in [0, 0.1) is 12.3 Å². The van der Waals surface area contributed by atoms with Gasteiger partial charge in [-0.15, -0.1) is 0 Å². The summed E-state index contributed by atoms with van der Waals surface area (Å²) in [5.41, 5.74) is 2.37. The molecule has 2 rings (SSSR count). The average Bonchev–Trinajstić information content (AvgIpc) is 2.57. The fourth-order valence-electron chi connectivity index (χ4n) is 2.21. The van der Waals surface area contributed by atoms with Crippen molar-refractivity contribution in [1.82, 2.24) is 0 Å². The number of hydrogen-bond donors (Lipinski definition) is 2. The van der Waals surface area contributed by atoms with Gasteiger partial charge in [0.1, 0.15) is 5.41 Å². The topological polar surface area (TPSA) is 58.2 Å². The summed E-state index contributed by atoms with van der Waals surface area (Å²) in [5, 5.41) is 5.65. The lowest BCUT2D eigenvalue weighted by atomic mass is 9.90. The van der Waals surface area contributed by atoms with Crippen molar-refractivity contribution < 1.29 is 9.59 Å². The van der Waals surface area contributed by atoms with E-state index in [0.29, 0.717) is 5.69 Å². The number of hydrogen-bond acceptors (Lipinski definition) is 2. The number of rotatable bonds is 5. The van der Waals surface area contributed by atoms with Gasteiger partial charge in [-0.3, -0.25) is 9.59 Å². The summed E-state index contributed by atoms with van der Waals surface area (Å²) in [6.45, 7) is 7.23. The number of carbonyl (C=O) groups excluding carboxylic acids is 2. The van der Waals surface area contributed by atoms with Gasteiger partial charge in [0.05, 0.1) is 0 Å². The zero-order valence-electron chi connectivity index (χ0n) is 14.6. The minimum atomic E-state index is -1.19. The molecule has 0 bridgehead atoms. The Bertz CT molecular complexity index is 734. The summed E-state index contributed by atoms with van der Waals surface area (Å²) in [4.78, 5) is 25.1. The predicted molar refractivity (Wildman–Crippen MR) is 98.0 cm³/mol. The number of para-hydroxylation sites is 1. The van der Waals surface area contributed by atoms with E-state index in [1.54, 1.807) is 13.8 Å². The molecule has 0 aromatic heterocycles. The Morgan fingerprint density at radius 3 is 2.08 bits per heavy atom. The summed E-state index contributed by atoms with van der Waals surface area (Å²) in [6, 6.07) is 15.1. The molecule has 0 fully saturated rings. The van der Waals surface area contributed by atoms with E-state index in [1.165, 1.54) is 5.56 Å². The van der Waals surface area contributed by atoms with Gasteiger partial charge in [0, 0.05) is 11.4 Å². The molecule has 0 heterocycles. The van der Waals surface area contributed by atoms with E-state index in [9.17, 15) is 9.59 Å². The third kappa shape index (κ3) is 4.02. The number of anilines is 2. The lowest BCUT2D eigenvalue weighted by molar-refractivity contribution is -0.135. The first-order chi connectivity index (χ1) is 11.3. The summed E-state index contributed by atoms with van der Waals surface area (Å²) in [6.07, 6.45) is 0.943. The molecule has 24 heavy (non-hydrogen) atoms. The SMILES string of the molecule is CCc1ccc(NC(=O)C(C)(C)C(=O)Nc2ccccc2C)cc1. The Morgan fingerprint density at radius 1 is 0.917 bits per heavy atom. The zero-order chi connectivity index (χ0) is 17.7. The lowest BCUT2D eigenvalue weighted by Crippen LogP contribution is -2.41. The molecule has 0 saturated heterocycles. The van der Waals surface area contributed by atoms with E-state index in [2.05, 4.69) is 17.6 Å². The Morgan fingerprint density at radius 2 is 1.50 bits per heavy atom. The Hall–Kier alpha value is -2.62. The van der Waals surface area contributed by atoms with Gasteiger partial charge >= 0.3 is 0 Å². The molecule has 2 N–H and O–H groups in total. The normalized spacial score (nSPS) is 11.0. The number of aryl methyl sites for hydroxylation is 2. The average molecular weight is 324 g/mol. The highest BCUT2D eigenvalue weighted by molar-refractivity contribution is 6.14. The zero-order valence-corrected chi connectivity index (χ0v) is 14.6. The molecule has 0 unspecified atom stereocenters. The third-order valence-electron chi connectivity index (χ3n) is 4.15. The molecule has 4 heteroatoms. The van der Waals surface area contributed by atoms with E-state index < -0.39 is 5.41 Å². The van der Waals surface area contributed by atoms with Crippen LogP contribution >= 0.6 is 0 Å². The van der Waals surface area contributed by atoms with Gasteiger partial charge in [-0.25, -0.2) is 0 Å². The maximum atomic E-state index is 12.5. The van der Waals surface area contributed by atoms with E-state index in [1.807, 2.05) is 55.5 Å². The van der Waals surface area contributed by atoms with E-state index in [-0.39, 0.29) is 11.8 Å². The van der Waals surface area contributed by atoms with Crippen LogP contribution in [0.1, 0.15) is 31.9 Å². The van der Waals surface area contributed by atoms with Crippen molar-refractivity contribution in [2.75, 3.05) is 10.6 Å². The van der Waals surface area contributed by atoms with Crippen LogP contribution in [0.3, 0.4) is 0 Å². The van der Waals surface area contributed by atoms with Crippen LogP contribution in [-0.4, -0.2) is 11.8 Å². The molecule has 0 saturated carbocycles. The highest BCUT2D eigenvalue weighted by atomic mass is 16.2. The molecular formula is C20H24N2O2. The van der Waals surface area contributed by atoms with Gasteiger partial charge in [-0.1, -0.05) is 37.3 Å². The fourth-order valence-corrected chi connectivity index (χ4v) is 2.21. The van der Waals surface area contributed by atoms with Gasteiger partial charge < -0.3 is 10.6 Å². The molecule has 0 aliphatic rings. The second kappa shape index (κ2) is 7.30. The van der Waals surface area contributed by atoms with Crippen LogP contribution in [0.2, 0.25) is 0 Å². The number of benzene rings is 2. The van der Waals surface area contributed by atoms with Crippen LogP contribution in [0.5, 0.6) is 0 Å². The minimum Gasteiger partial charge on any atom is -0.325 e. The smallest absolute Gasteiger partial charge is 0.239 e. The van der Waals surface area contributed by atoms with E-state index in [0.717, 1.165) is 17.7 Å². The number of nitrogens with one attached hydrogen (secondary N) is 2. The molecule has 0 spiro atoms. The quantitative estimate of drug-likeness (QED) is 0.811. The van der Waals surface area contributed by atoms with Gasteiger partial charge in [0.2, 0.25) is 11.8 Å². The van der Waals surface area contributed by atoms with Gasteiger partial charge in [0.15, 0.2) is 0 Å². The summed E-state index contributed by atoms with van der Waals surface area (Å²) < 4.78 is 0. The third-order valence-corrected chi connectivity index (χ3v) is 4.15. The maximum absolute atomic E-state index is 12.5. The van der Waals surface area contributed by atoms with Crippen LogP contribution in [0.25, 0.3) is 0 Å². The van der Waals surface area contributed by atoms with Crippen LogP contribution in [-0.2, 0) is 16.0 Å². The van der Waals surface area contributed by atoms with E-state index in [4.69, 9.17) is 0 Å². The fraction of sp³-hybridized carbons (Fsp3) is 0.300. The summed E-state index contributed by atoms with van der Waals surface area (Å²) in [5.74, 6) is -0.669. The molecule has 4 nitrogen and oxygen atoms in total. The first-order valence-electron chi connectivity index (χ1n) is 8.12. The first-order valence-corrected chi connectivity index (χ1v) is 8.12. The van der Waals surface area contributed by atoms with Gasteiger partial charge in [-0.05, 0) is 56.5 Å². The van der Waals surface area contributed by atoms with Crippen molar-refractivity contribution in [2.24, 2.45) is 5.41 Å². The van der Waals surface area contributed by atoms with Crippen molar-refractivity contribution in [2.45, 2.75) is 34.1 Å². The standard InChI is InChI=1S/C20H24N2O2/c1-5-15-10-12-16(13-11-15)21-18(23)20(3,4)19(24)22-17-9-7-6-8-14(17)2/h6-13H,5H2,1-4H3,(H,21,23)(H,22,24). The number of carbonyl (C=O) groups is 2. The Kier molecular flexibility index (Phi) is 5.39. The van der Waals surface area contributed by atoms with Crippen molar-refractivity contribution in [3.8, 4) is 0 Å². The molecule has 2 aromatic rings. The molecule has 2 amide bonds. The molecule has 0 aliphatic carbocycles. The first kappa shape index (κ1) is 17.7. The highest BCUT2D eigenvalue weighted by Gasteiger charge is 2.36. The second-order valence-electron chi connectivity index (χ2n) is 6.40. The molecule has 126 valence electrons. The van der Waals surface area contributed by atoms with Crippen LogP contribution in [0.4, 0.5) is 11.4 Å². The van der Waals surface area contributed by atoms with Gasteiger partial charge in [0.25, 0.3) is 0 Å². The Labute approximate surface area is 143 Å². The van der Waals surface area contributed by atoms with Crippen LogP contribution in [0.15, 0.2) is 48.5 Å². The van der Waals surface area contributed by atoms with Crippen molar-refractivity contribution in [1.29, 1.82) is 0 Å². The predicted octanol–water partition coefficient (Wildman–Crippen LogP) is 4.16. The van der Waals surface area contributed by atoms with Crippen molar-refractivity contribution in [3.05, 3.63) is 59.7 Å². The van der Waals surface area contributed by atoms with Crippen molar-refractivity contribution >= 4 is 23.2 Å². The second-order valence-corrected chi connectivity index (χ2v) is 6.40. The molecule has 2 aromatic carbocycles. The minimum absolute atomic E-state index is 0.334. The lowest BCUT2D eigenvalue weighted by Gasteiger charge is -2.23. The highest BCUT2D eigenvalue weighted by Crippen LogP contribution is 2.23. The summed E-state index contributed by atoms with van der Waals surface area (Å²) in [7, 11) is 0. The monoisotopic (exact) mass is 324 g/mol. The number of amides is 2. The molecular weight excluding hydrogens is 300 g/mol. The Balaban J connectivity index is 2.08. The van der Waals surface area contributed by atoms with Gasteiger partial charge in [-0.2, -0.15) is 0 Å². The van der Waals surface area contributed by atoms with Crippen molar-refractivity contribution in [3.63, 3.8) is 0 Å². The molecule has 0 radical (unpaired) electrons.